The van der Waals surface area contributed by atoms with E-state index in [0.29, 0.717) is 12.5 Å². The van der Waals surface area contributed by atoms with Crippen LogP contribution in [0.1, 0.15) is 24.0 Å². The van der Waals surface area contributed by atoms with Crippen LogP contribution in [0.5, 0.6) is 5.75 Å². The quantitative estimate of drug-likeness (QED) is 0.849. The molecule has 2 aliphatic heterocycles. The van der Waals surface area contributed by atoms with Gasteiger partial charge in [0.1, 0.15) is 11.6 Å². The first-order valence-corrected chi connectivity index (χ1v) is 6.48. The summed E-state index contributed by atoms with van der Waals surface area (Å²) in [6, 6.07) is 3.32. The number of hydrogen-bond acceptors (Lipinski definition) is 2. The second-order valence-electron chi connectivity index (χ2n) is 5.00. The third-order valence-corrected chi connectivity index (χ3v) is 3.89. The predicted molar refractivity (Wildman–Crippen MR) is 64.9 cm³/mol. The van der Waals surface area contributed by atoms with E-state index in [2.05, 4.69) is 5.32 Å². The van der Waals surface area contributed by atoms with Crippen molar-refractivity contribution in [1.29, 1.82) is 0 Å². The monoisotopic (exact) mass is 235 g/mol. The second kappa shape index (κ2) is 4.65. The predicted octanol–water partition coefficient (Wildman–Crippen LogP) is 2.30. The first-order valence-electron chi connectivity index (χ1n) is 6.48. The minimum Gasteiger partial charge on any atom is -0.493 e. The van der Waals surface area contributed by atoms with Crippen molar-refractivity contribution in [1.82, 2.24) is 5.32 Å². The highest BCUT2D eigenvalue weighted by molar-refractivity contribution is 5.43. The van der Waals surface area contributed by atoms with Crippen LogP contribution >= 0.6 is 0 Å². The molecule has 3 heteroatoms. The standard InChI is InChI=1S/C14H18FNO/c15-13-1-2-14-11(5-8-17-14)12(13)9-10-3-6-16-7-4-10/h1-2,10,16H,3-9H2. The van der Waals surface area contributed by atoms with Gasteiger partial charge in [-0.15, -0.1) is 0 Å². The topological polar surface area (TPSA) is 21.3 Å². The summed E-state index contributed by atoms with van der Waals surface area (Å²) in [5.41, 5.74) is 2.02. The zero-order valence-corrected chi connectivity index (χ0v) is 9.97. The fraction of sp³-hybridized carbons (Fsp3) is 0.571. The molecule has 2 aliphatic rings. The highest BCUT2D eigenvalue weighted by Gasteiger charge is 2.22. The van der Waals surface area contributed by atoms with E-state index in [1.807, 2.05) is 0 Å². The summed E-state index contributed by atoms with van der Waals surface area (Å²) in [4.78, 5) is 0. The Hall–Kier alpha value is -1.09. The Labute approximate surface area is 101 Å². The summed E-state index contributed by atoms with van der Waals surface area (Å²) in [6.45, 7) is 2.84. The zero-order chi connectivity index (χ0) is 11.7. The van der Waals surface area contributed by atoms with Gasteiger partial charge in [-0.05, 0) is 56.0 Å². The first-order chi connectivity index (χ1) is 8.34. The highest BCUT2D eigenvalue weighted by atomic mass is 19.1. The van der Waals surface area contributed by atoms with E-state index >= 15 is 0 Å². The maximum atomic E-state index is 13.9. The number of fused-ring (bicyclic) bond motifs is 1. The molecule has 1 aromatic rings. The van der Waals surface area contributed by atoms with Crippen molar-refractivity contribution < 1.29 is 9.13 Å². The minimum atomic E-state index is -0.0483. The van der Waals surface area contributed by atoms with Crippen LogP contribution in [-0.4, -0.2) is 19.7 Å². The van der Waals surface area contributed by atoms with Crippen molar-refractivity contribution in [3.8, 4) is 5.75 Å². The summed E-state index contributed by atoms with van der Waals surface area (Å²) >= 11 is 0. The van der Waals surface area contributed by atoms with Crippen molar-refractivity contribution >= 4 is 0 Å². The number of piperidine rings is 1. The molecule has 17 heavy (non-hydrogen) atoms. The fourth-order valence-corrected chi connectivity index (χ4v) is 2.91. The number of hydrogen-bond donors (Lipinski definition) is 1. The number of nitrogens with one attached hydrogen (secondary N) is 1. The molecule has 0 saturated carbocycles. The van der Waals surface area contributed by atoms with Crippen LogP contribution in [0, 0.1) is 11.7 Å². The minimum absolute atomic E-state index is 0.0483. The lowest BCUT2D eigenvalue weighted by Crippen LogP contribution is -2.29. The normalized spacial score (nSPS) is 20.1. The molecule has 92 valence electrons. The average molecular weight is 235 g/mol. The van der Waals surface area contributed by atoms with Gasteiger partial charge in [0.2, 0.25) is 0 Å². The Balaban J connectivity index is 1.84. The van der Waals surface area contributed by atoms with Gasteiger partial charge >= 0.3 is 0 Å². The molecule has 0 amide bonds. The van der Waals surface area contributed by atoms with Gasteiger partial charge in [0, 0.05) is 12.0 Å². The smallest absolute Gasteiger partial charge is 0.126 e. The number of benzene rings is 1. The van der Waals surface area contributed by atoms with Gasteiger partial charge in [0.05, 0.1) is 6.61 Å². The van der Waals surface area contributed by atoms with Gasteiger partial charge in [0.15, 0.2) is 0 Å². The third-order valence-electron chi connectivity index (χ3n) is 3.89. The van der Waals surface area contributed by atoms with Gasteiger partial charge in [-0.3, -0.25) is 0 Å². The van der Waals surface area contributed by atoms with E-state index in [0.717, 1.165) is 55.6 Å². The molecule has 0 aliphatic carbocycles. The zero-order valence-electron chi connectivity index (χ0n) is 9.97. The SMILES string of the molecule is Fc1ccc2c(c1CC1CCNCC1)CCO2. The lowest BCUT2D eigenvalue weighted by molar-refractivity contribution is 0.356. The van der Waals surface area contributed by atoms with Crippen molar-refractivity contribution in [3.63, 3.8) is 0 Å². The van der Waals surface area contributed by atoms with Crippen molar-refractivity contribution in [2.24, 2.45) is 5.92 Å². The molecule has 0 atom stereocenters. The van der Waals surface area contributed by atoms with E-state index in [-0.39, 0.29) is 5.82 Å². The number of halogens is 1. The van der Waals surface area contributed by atoms with E-state index in [1.165, 1.54) is 0 Å². The third kappa shape index (κ3) is 2.16. The van der Waals surface area contributed by atoms with Crippen LogP contribution < -0.4 is 10.1 Å². The molecular weight excluding hydrogens is 217 g/mol. The molecule has 1 N–H and O–H groups in total. The van der Waals surface area contributed by atoms with Gasteiger partial charge in [-0.1, -0.05) is 0 Å². The molecule has 1 saturated heterocycles. The molecule has 2 nitrogen and oxygen atoms in total. The van der Waals surface area contributed by atoms with Gasteiger partial charge in [-0.25, -0.2) is 4.39 Å². The lowest BCUT2D eigenvalue weighted by atomic mass is 9.88. The summed E-state index contributed by atoms with van der Waals surface area (Å²) in [6.07, 6.45) is 4.06. The largest absolute Gasteiger partial charge is 0.493 e. The molecule has 1 fully saturated rings. The average Bonchev–Trinajstić information content (AvgIpc) is 2.83. The van der Waals surface area contributed by atoms with Crippen LogP contribution in [0.15, 0.2) is 12.1 Å². The maximum Gasteiger partial charge on any atom is 0.126 e. The van der Waals surface area contributed by atoms with Crippen LogP contribution in [0.3, 0.4) is 0 Å². The van der Waals surface area contributed by atoms with Gasteiger partial charge in [0.25, 0.3) is 0 Å². The van der Waals surface area contributed by atoms with E-state index in [9.17, 15) is 4.39 Å². The molecule has 3 rings (SSSR count). The summed E-state index contributed by atoms with van der Waals surface area (Å²) in [7, 11) is 0. The molecule has 1 aromatic carbocycles. The van der Waals surface area contributed by atoms with Crippen molar-refractivity contribution in [3.05, 3.63) is 29.1 Å². The summed E-state index contributed by atoms with van der Waals surface area (Å²) < 4.78 is 19.4. The number of ether oxygens (including phenoxy) is 1. The number of rotatable bonds is 2. The van der Waals surface area contributed by atoms with Crippen molar-refractivity contribution in [2.45, 2.75) is 25.7 Å². The second-order valence-corrected chi connectivity index (χ2v) is 5.00. The van der Waals surface area contributed by atoms with Crippen LogP contribution in [0.4, 0.5) is 4.39 Å². The van der Waals surface area contributed by atoms with Crippen molar-refractivity contribution in [2.75, 3.05) is 19.7 Å². The van der Waals surface area contributed by atoms with Gasteiger partial charge < -0.3 is 10.1 Å². The first kappa shape index (κ1) is 11.0. The Morgan fingerprint density at radius 3 is 2.94 bits per heavy atom. The van der Waals surface area contributed by atoms with Crippen LogP contribution in [0.25, 0.3) is 0 Å². The van der Waals surface area contributed by atoms with E-state index in [1.54, 1.807) is 12.1 Å². The molecule has 0 aromatic heterocycles. The summed E-state index contributed by atoms with van der Waals surface area (Å²) in [5.74, 6) is 1.47. The molecule has 0 bridgehead atoms. The fourth-order valence-electron chi connectivity index (χ4n) is 2.91. The maximum absolute atomic E-state index is 13.9. The van der Waals surface area contributed by atoms with E-state index < -0.39 is 0 Å². The lowest BCUT2D eigenvalue weighted by Gasteiger charge is -2.23. The Morgan fingerprint density at radius 2 is 2.12 bits per heavy atom. The highest BCUT2D eigenvalue weighted by Crippen LogP contribution is 2.32. The molecule has 0 spiro atoms. The molecule has 0 unspecified atom stereocenters. The Kier molecular flexibility index (Phi) is 3.02. The van der Waals surface area contributed by atoms with Crippen LogP contribution in [0.2, 0.25) is 0 Å². The molecule has 2 heterocycles. The Bertz CT molecular complexity index is 413. The molecule has 0 radical (unpaired) electrons. The summed E-state index contributed by atoms with van der Waals surface area (Å²) in [5, 5.41) is 3.35. The van der Waals surface area contributed by atoms with E-state index in [4.69, 9.17) is 4.74 Å². The van der Waals surface area contributed by atoms with Crippen LogP contribution in [-0.2, 0) is 12.8 Å². The molecular formula is C14H18FNO. The van der Waals surface area contributed by atoms with Gasteiger partial charge in [-0.2, -0.15) is 0 Å². The Morgan fingerprint density at radius 1 is 1.29 bits per heavy atom.